The fourth-order valence-electron chi connectivity index (χ4n) is 0. The Bertz CT molecular complexity index is 81.1. The summed E-state index contributed by atoms with van der Waals surface area (Å²) in [6, 6.07) is 0. The molecule has 0 aromatic rings. The van der Waals surface area contributed by atoms with Gasteiger partial charge in [-0.05, 0) is 0 Å². The number of rotatable bonds is 1. The number of hydrogen-bond acceptors (Lipinski definition) is 2. The van der Waals surface area contributed by atoms with E-state index in [0.29, 0.717) is 0 Å². The predicted molar refractivity (Wildman–Crippen MR) is 43.0 cm³/mol. The van der Waals surface area contributed by atoms with Crippen LogP contribution in [0.25, 0.3) is 0 Å². The Morgan fingerprint density at radius 3 is 1.44 bits per heavy atom. The molecule has 0 saturated carbocycles. The molecule has 0 bridgehead atoms. The van der Waals surface area contributed by atoms with Crippen molar-refractivity contribution in [1.29, 1.82) is 0 Å². The zero-order chi connectivity index (χ0) is 5.21. The minimum atomic E-state index is -3.66. The Kier molecular flexibility index (Phi) is 28.6. The quantitative estimate of drug-likeness (QED) is 0.510. The van der Waals surface area contributed by atoms with Crippen molar-refractivity contribution >= 4 is 103 Å². The van der Waals surface area contributed by atoms with Gasteiger partial charge in [0.15, 0.2) is 0 Å². The van der Waals surface area contributed by atoms with Gasteiger partial charge >= 0.3 is 127 Å². The first kappa shape index (κ1) is 22.8. The Morgan fingerprint density at radius 1 is 1.33 bits per heavy atom. The molecule has 0 rings (SSSR count). The molecule has 0 amide bonds. The Balaban J connectivity index is -0.0000000417. The molecule has 3 nitrogen and oxygen atoms in total. The molecular weight excluding hydrogens is 216 g/mol. The standard InChI is InChI=1S/C2H7AsO3.3Na.3H/c1-3(4,5)6-2;;;;;;/h1-2H3,(H,4,5);;;;;;. The molecule has 0 aromatic carbocycles. The van der Waals surface area contributed by atoms with Crippen molar-refractivity contribution in [3.63, 3.8) is 0 Å². The average molecular weight is 226 g/mol. The Hall–Kier alpha value is 3.28. The first-order valence-electron chi connectivity index (χ1n) is 1.42. The van der Waals surface area contributed by atoms with E-state index in [1.165, 1.54) is 12.8 Å². The van der Waals surface area contributed by atoms with Crippen LogP contribution >= 0.6 is 0 Å². The summed E-state index contributed by atoms with van der Waals surface area (Å²) in [4.78, 5) is 0. The van der Waals surface area contributed by atoms with Gasteiger partial charge in [0.2, 0.25) is 0 Å². The first-order valence-corrected chi connectivity index (χ1v) is 5.67. The van der Waals surface area contributed by atoms with E-state index in [1.54, 1.807) is 0 Å². The third-order valence-corrected chi connectivity index (χ3v) is 1.76. The van der Waals surface area contributed by atoms with Crippen molar-refractivity contribution in [2.45, 2.75) is 5.71 Å². The van der Waals surface area contributed by atoms with Crippen LogP contribution in [0, 0.1) is 0 Å². The molecule has 44 valence electrons. The van der Waals surface area contributed by atoms with Crippen LogP contribution in [0.4, 0.5) is 0 Å². The normalized spacial score (nSPS) is 13.2. The molecule has 0 fully saturated rings. The summed E-state index contributed by atoms with van der Waals surface area (Å²) in [6.45, 7) is 0. The van der Waals surface area contributed by atoms with Gasteiger partial charge in [0.25, 0.3) is 0 Å². The fourth-order valence-corrected chi connectivity index (χ4v) is 0. The average Bonchev–Trinajstić information content (AvgIpc) is 1.35. The number of hydrogen-bond donors (Lipinski definition) is 1. The second-order valence-electron chi connectivity index (χ2n) is 0.986. The van der Waals surface area contributed by atoms with E-state index in [0.717, 1.165) is 0 Å². The summed E-state index contributed by atoms with van der Waals surface area (Å²) in [5.74, 6) is 0. The molecule has 0 saturated heterocycles. The van der Waals surface area contributed by atoms with E-state index in [9.17, 15) is 3.74 Å². The molecule has 1 atom stereocenters. The summed E-state index contributed by atoms with van der Waals surface area (Å²) in [7, 11) is 1.22. The SMILES string of the molecule is CO[As](C)(=O)O.[NaH].[NaH].[NaH]. The Labute approximate surface area is 125 Å². The van der Waals surface area contributed by atoms with E-state index in [-0.39, 0.29) is 88.7 Å². The molecule has 0 aliphatic rings. The predicted octanol–water partition coefficient (Wildman–Crippen LogP) is -2.32. The molecule has 1 unspecified atom stereocenters. The van der Waals surface area contributed by atoms with Crippen molar-refractivity contribution in [2.75, 3.05) is 7.11 Å². The minimum absolute atomic E-state index is 0. The molecule has 0 spiro atoms. The second kappa shape index (κ2) is 11.3. The van der Waals surface area contributed by atoms with Crippen LogP contribution in [0.5, 0.6) is 0 Å². The van der Waals surface area contributed by atoms with Gasteiger partial charge in [-0.2, -0.15) is 0 Å². The maximum absolute atomic E-state index is 9.98. The third-order valence-electron chi connectivity index (χ3n) is 0.339. The monoisotopic (exact) mass is 226 g/mol. The van der Waals surface area contributed by atoms with Crippen molar-refractivity contribution in [1.82, 2.24) is 0 Å². The summed E-state index contributed by atoms with van der Waals surface area (Å²) in [5, 5.41) is 0. The molecule has 0 aliphatic carbocycles. The van der Waals surface area contributed by atoms with Crippen molar-refractivity contribution in [3.8, 4) is 0 Å². The summed E-state index contributed by atoms with van der Waals surface area (Å²) in [5.41, 5.74) is 1.19. The zero-order valence-electron chi connectivity index (χ0n) is 3.71. The summed E-state index contributed by atoms with van der Waals surface area (Å²) < 4.78 is 22.3. The zero-order valence-corrected chi connectivity index (χ0v) is 5.59. The van der Waals surface area contributed by atoms with Gasteiger partial charge in [-0.15, -0.1) is 0 Å². The van der Waals surface area contributed by atoms with E-state index < -0.39 is 14.2 Å². The van der Waals surface area contributed by atoms with Crippen LogP contribution in [-0.2, 0) is 7.47 Å². The van der Waals surface area contributed by atoms with E-state index in [4.69, 9.17) is 4.10 Å². The van der Waals surface area contributed by atoms with Crippen LogP contribution in [0.15, 0.2) is 0 Å². The summed E-state index contributed by atoms with van der Waals surface area (Å²) in [6.07, 6.45) is 0. The molecule has 0 aromatic heterocycles. The molecule has 0 heterocycles. The molecular formula is C2H10AsNa3O3. The van der Waals surface area contributed by atoms with Gasteiger partial charge in [0.1, 0.15) is 0 Å². The van der Waals surface area contributed by atoms with Crippen molar-refractivity contribution in [2.24, 2.45) is 0 Å². The Morgan fingerprint density at radius 2 is 1.44 bits per heavy atom. The molecule has 7 heteroatoms. The molecule has 9 heavy (non-hydrogen) atoms. The van der Waals surface area contributed by atoms with Crippen LogP contribution in [0.1, 0.15) is 0 Å². The fraction of sp³-hybridized carbons (Fsp3) is 1.00. The van der Waals surface area contributed by atoms with Gasteiger partial charge < -0.3 is 0 Å². The van der Waals surface area contributed by atoms with Crippen LogP contribution in [0.2, 0.25) is 5.71 Å². The van der Waals surface area contributed by atoms with E-state index in [1.807, 2.05) is 0 Å². The third kappa shape index (κ3) is 24.6. The van der Waals surface area contributed by atoms with Crippen molar-refractivity contribution in [3.05, 3.63) is 0 Å². The van der Waals surface area contributed by atoms with Gasteiger partial charge in [-0.3, -0.25) is 0 Å². The maximum atomic E-state index is 9.98. The first-order chi connectivity index (χ1) is 2.56. The van der Waals surface area contributed by atoms with E-state index >= 15 is 0 Å². The van der Waals surface area contributed by atoms with Gasteiger partial charge in [0, 0.05) is 0 Å². The van der Waals surface area contributed by atoms with Crippen LogP contribution < -0.4 is 0 Å². The van der Waals surface area contributed by atoms with Gasteiger partial charge in [-0.1, -0.05) is 0 Å². The van der Waals surface area contributed by atoms with Gasteiger partial charge in [-0.25, -0.2) is 0 Å². The molecule has 1 N–H and O–H groups in total. The molecule has 0 radical (unpaired) electrons. The van der Waals surface area contributed by atoms with E-state index in [2.05, 4.69) is 3.73 Å². The van der Waals surface area contributed by atoms with Crippen LogP contribution in [-0.4, -0.2) is 114 Å². The van der Waals surface area contributed by atoms with Crippen LogP contribution in [0.3, 0.4) is 0 Å². The molecule has 0 aliphatic heterocycles. The van der Waals surface area contributed by atoms with Crippen molar-refractivity contribution < 1.29 is 11.6 Å². The summed E-state index contributed by atoms with van der Waals surface area (Å²) >= 11 is -3.66. The topological polar surface area (TPSA) is 46.5 Å². The van der Waals surface area contributed by atoms with Gasteiger partial charge in [0.05, 0.1) is 0 Å². The second-order valence-corrected chi connectivity index (χ2v) is 5.12.